The van der Waals surface area contributed by atoms with Crippen molar-refractivity contribution in [1.29, 1.82) is 0 Å². The Kier molecular flexibility index (Phi) is 6.42. The Labute approximate surface area is 236 Å². The second kappa shape index (κ2) is 10.7. The fourth-order valence-corrected chi connectivity index (χ4v) is 5.36. The SMILES string of the molecule is C1=CN2C=CC1=C1C=CN(C=C1)Cc1ccc(cc1)CN1C=CC(=C3C=CN(C=C3)Cc3ccc(cc3)C2)C=C1. The van der Waals surface area contributed by atoms with E-state index < -0.39 is 0 Å². The zero-order chi connectivity index (χ0) is 26.7. The van der Waals surface area contributed by atoms with Crippen LogP contribution in [-0.2, 0) is 26.2 Å². The highest BCUT2D eigenvalue weighted by molar-refractivity contribution is 5.50. The molecule has 0 amide bonds. The summed E-state index contributed by atoms with van der Waals surface area (Å²) in [6.45, 7) is 3.42. The van der Waals surface area contributed by atoms with Gasteiger partial charge in [0.1, 0.15) is 0 Å². The highest BCUT2D eigenvalue weighted by Gasteiger charge is 2.11. The monoisotopic (exact) mass is 520 g/mol. The molecule has 0 saturated heterocycles. The molecule has 20 aliphatic heterocycles. The minimum Gasteiger partial charge on any atom is -0.350 e. The summed E-state index contributed by atoms with van der Waals surface area (Å²) in [6.07, 6.45) is 35.0. The van der Waals surface area contributed by atoms with Crippen LogP contribution in [0.4, 0.5) is 0 Å². The van der Waals surface area contributed by atoms with E-state index in [1.165, 1.54) is 44.5 Å². The van der Waals surface area contributed by atoms with Crippen LogP contribution in [0.15, 0.2) is 169 Å². The molecule has 0 radical (unpaired) electrons. The predicted molar refractivity (Wildman–Crippen MR) is 162 cm³/mol. The summed E-state index contributed by atoms with van der Waals surface area (Å²) in [5.41, 5.74) is 10.1. The minimum absolute atomic E-state index is 0.854. The van der Waals surface area contributed by atoms with Gasteiger partial charge in [0, 0.05) is 75.8 Å². The van der Waals surface area contributed by atoms with Crippen LogP contribution in [0.1, 0.15) is 22.3 Å². The first-order valence-corrected chi connectivity index (χ1v) is 13.9. The average molecular weight is 521 g/mol. The smallest absolute Gasteiger partial charge is 0.0470 e. The van der Waals surface area contributed by atoms with Gasteiger partial charge in [0.25, 0.3) is 0 Å². The summed E-state index contributed by atoms with van der Waals surface area (Å²) in [5.74, 6) is 0. The van der Waals surface area contributed by atoms with Crippen molar-refractivity contribution in [2.75, 3.05) is 0 Å². The van der Waals surface area contributed by atoms with Gasteiger partial charge >= 0.3 is 0 Å². The molecule has 0 N–H and O–H groups in total. The molecule has 4 nitrogen and oxygen atoms in total. The third-order valence-electron chi connectivity index (χ3n) is 7.74. The maximum atomic E-state index is 2.24. The fraction of sp³-hybridized carbons (Fsp3) is 0.111. The zero-order valence-electron chi connectivity index (χ0n) is 22.5. The largest absolute Gasteiger partial charge is 0.350 e. The summed E-state index contributed by atoms with van der Waals surface area (Å²) in [6, 6.07) is 17.9. The number of benzene rings is 2. The second-order valence-corrected chi connectivity index (χ2v) is 10.7. The van der Waals surface area contributed by atoms with Gasteiger partial charge in [-0.15, -0.1) is 0 Å². The Hall–Kier alpha value is -4.96. The quantitative estimate of drug-likeness (QED) is 0.360. The van der Waals surface area contributed by atoms with Gasteiger partial charge in [-0.1, -0.05) is 48.5 Å². The van der Waals surface area contributed by atoms with Gasteiger partial charge in [-0.2, -0.15) is 0 Å². The lowest BCUT2D eigenvalue weighted by molar-refractivity contribution is 0.490. The Morgan fingerprint density at radius 2 is 0.450 bits per heavy atom. The zero-order valence-corrected chi connectivity index (χ0v) is 22.5. The molecule has 20 heterocycles. The average Bonchev–Trinajstić information content (AvgIpc) is 3.00. The highest BCUT2D eigenvalue weighted by Crippen LogP contribution is 2.24. The molecule has 0 aliphatic carbocycles. The van der Waals surface area contributed by atoms with Crippen molar-refractivity contribution in [2.45, 2.75) is 26.2 Å². The Bertz CT molecular complexity index is 1280. The third kappa shape index (κ3) is 5.43. The summed E-state index contributed by atoms with van der Waals surface area (Å²) in [5, 5.41) is 0. The van der Waals surface area contributed by atoms with Crippen molar-refractivity contribution in [3.8, 4) is 0 Å². The first-order valence-electron chi connectivity index (χ1n) is 13.9. The van der Waals surface area contributed by atoms with Crippen LogP contribution < -0.4 is 0 Å². The van der Waals surface area contributed by atoms with Crippen LogP contribution in [-0.4, -0.2) is 19.6 Å². The van der Waals surface area contributed by atoms with Crippen LogP contribution in [0.25, 0.3) is 0 Å². The van der Waals surface area contributed by atoms with E-state index in [0.29, 0.717) is 0 Å². The van der Waals surface area contributed by atoms with E-state index in [1.54, 1.807) is 0 Å². The highest BCUT2D eigenvalue weighted by atomic mass is 15.1. The molecule has 0 unspecified atom stereocenters. The summed E-state index contributed by atoms with van der Waals surface area (Å²) in [7, 11) is 0. The third-order valence-corrected chi connectivity index (χ3v) is 7.74. The maximum absolute atomic E-state index is 2.24. The first kappa shape index (κ1) is 24.1. The number of allylic oxidation sites excluding steroid dienone is 12. The number of rotatable bonds is 0. The Morgan fingerprint density at radius 1 is 0.275 bits per heavy atom. The topological polar surface area (TPSA) is 13.0 Å². The van der Waals surface area contributed by atoms with Gasteiger partial charge in [-0.05, 0) is 93.2 Å². The van der Waals surface area contributed by atoms with Crippen molar-refractivity contribution in [1.82, 2.24) is 19.6 Å². The van der Waals surface area contributed by atoms with Crippen molar-refractivity contribution in [3.63, 3.8) is 0 Å². The molecule has 40 heavy (non-hydrogen) atoms. The molecule has 12 bridgehead atoms. The fourth-order valence-electron chi connectivity index (χ4n) is 5.36. The van der Waals surface area contributed by atoms with Gasteiger partial charge in [0.05, 0.1) is 0 Å². The first-order chi connectivity index (χ1) is 19.7. The molecule has 4 heteroatoms. The van der Waals surface area contributed by atoms with Gasteiger partial charge in [-0.3, -0.25) is 0 Å². The molecule has 0 aromatic heterocycles. The van der Waals surface area contributed by atoms with Crippen molar-refractivity contribution < 1.29 is 0 Å². The maximum Gasteiger partial charge on any atom is 0.0470 e. The Morgan fingerprint density at radius 3 is 0.625 bits per heavy atom. The predicted octanol–water partition coefficient (Wildman–Crippen LogP) is 7.37. The van der Waals surface area contributed by atoms with Gasteiger partial charge in [0.15, 0.2) is 0 Å². The molecule has 0 fully saturated rings. The molecular weight excluding hydrogens is 488 g/mol. The number of hydrogen-bond acceptors (Lipinski definition) is 4. The lowest BCUT2D eigenvalue weighted by Crippen LogP contribution is -2.14. The van der Waals surface area contributed by atoms with Crippen molar-refractivity contribution in [2.24, 2.45) is 0 Å². The van der Waals surface area contributed by atoms with E-state index in [1.807, 2.05) is 0 Å². The Balaban J connectivity index is 1.14. The van der Waals surface area contributed by atoms with Gasteiger partial charge < -0.3 is 19.6 Å². The summed E-state index contributed by atoms with van der Waals surface area (Å²) in [4.78, 5) is 8.94. The molecule has 0 atom stereocenters. The molecule has 2 aromatic rings. The minimum atomic E-state index is 0.854. The van der Waals surface area contributed by atoms with Crippen LogP contribution in [0, 0.1) is 0 Å². The van der Waals surface area contributed by atoms with Gasteiger partial charge in [-0.25, -0.2) is 0 Å². The van der Waals surface area contributed by atoms with Crippen LogP contribution in [0.2, 0.25) is 0 Å². The van der Waals surface area contributed by atoms with E-state index in [0.717, 1.165) is 26.2 Å². The van der Waals surface area contributed by atoms with E-state index >= 15 is 0 Å². The van der Waals surface area contributed by atoms with Crippen LogP contribution >= 0.6 is 0 Å². The van der Waals surface area contributed by atoms with Crippen molar-refractivity contribution in [3.05, 3.63) is 191 Å². The second-order valence-electron chi connectivity index (χ2n) is 10.7. The molecule has 0 saturated carbocycles. The molecule has 20 aliphatic rings. The van der Waals surface area contributed by atoms with Crippen molar-refractivity contribution >= 4 is 0 Å². The standard InChI is InChI=1S/C36H32N4/c1-2-30-4-3-29(1)25-37-17-9-33(10-18-37)35-13-21-39(22-14-35)27-31-5-7-32(8-6-31)28-40-23-15-36(16-24-40)34-11-19-38(26-30)20-12-34/h1-24H,25-28H2. The molecule has 0 spiro atoms. The molecular formula is C36H32N4. The number of nitrogens with zero attached hydrogens (tertiary/aromatic N) is 4. The van der Waals surface area contributed by atoms with E-state index in [9.17, 15) is 0 Å². The normalized spacial score (nSPS) is 19.4. The van der Waals surface area contributed by atoms with E-state index in [2.05, 4.69) is 166 Å². The lowest BCUT2D eigenvalue weighted by atomic mass is 10.0. The molecule has 196 valence electrons. The summed E-state index contributed by atoms with van der Waals surface area (Å²) < 4.78 is 0. The van der Waals surface area contributed by atoms with E-state index in [4.69, 9.17) is 0 Å². The van der Waals surface area contributed by atoms with Crippen LogP contribution in [0.3, 0.4) is 0 Å². The van der Waals surface area contributed by atoms with E-state index in [-0.39, 0.29) is 0 Å². The molecule has 22 rings (SSSR count). The summed E-state index contributed by atoms with van der Waals surface area (Å²) >= 11 is 0. The van der Waals surface area contributed by atoms with Crippen LogP contribution in [0.5, 0.6) is 0 Å². The lowest BCUT2D eigenvalue weighted by Gasteiger charge is -2.23. The molecule has 2 aromatic carbocycles. The van der Waals surface area contributed by atoms with Gasteiger partial charge in [0.2, 0.25) is 0 Å². The number of hydrogen-bond donors (Lipinski definition) is 0.